The van der Waals surface area contributed by atoms with Crippen LogP contribution in [-0.4, -0.2) is 25.3 Å². The Balaban J connectivity index is 2.18. The van der Waals surface area contributed by atoms with Gasteiger partial charge in [-0.1, -0.05) is 18.2 Å². The smallest absolute Gasteiger partial charge is 0.284 e. The molecule has 18 heavy (non-hydrogen) atoms. The molecule has 0 radical (unpaired) electrons. The number of benzene rings is 1. The molecule has 6 nitrogen and oxygen atoms in total. The Hall–Kier alpha value is -1.89. The standard InChI is InChI=1S/C11H11BrN4O2/c1-15(2)16-9(12)11(18-14-16)13-10(17)8-6-4-3-5-7-8/h3-7H,1-2H3/p+1. The number of carbonyl (C=O) groups is 1. The highest BCUT2D eigenvalue weighted by Gasteiger charge is 2.26. The van der Waals surface area contributed by atoms with E-state index in [1.54, 1.807) is 43.4 Å². The average molecular weight is 312 g/mol. The number of amides is 1. The van der Waals surface area contributed by atoms with E-state index in [0.29, 0.717) is 10.2 Å². The van der Waals surface area contributed by atoms with E-state index in [1.165, 1.54) is 4.79 Å². The second-order valence-corrected chi connectivity index (χ2v) is 4.50. The van der Waals surface area contributed by atoms with Crippen LogP contribution in [0.3, 0.4) is 0 Å². The first kappa shape index (κ1) is 12.6. The maximum Gasteiger partial charge on any atom is 0.372 e. The first-order chi connectivity index (χ1) is 8.59. The number of nitrogens with zero attached hydrogens (tertiary/aromatic N) is 3. The van der Waals surface area contributed by atoms with Gasteiger partial charge in [-0.15, -0.1) is 0 Å². The summed E-state index contributed by atoms with van der Waals surface area (Å²) in [5, 5.41) is 8.11. The second-order valence-electron chi connectivity index (χ2n) is 3.75. The number of anilines is 1. The summed E-state index contributed by atoms with van der Waals surface area (Å²) in [5.74, 6) is 0.0101. The van der Waals surface area contributed by atoms with Gasteiger partial charge in [0.15, 0.2) is 0 Å². The lowest BCUT2D eigenvalue weighted by Crippen LogP contribution is -2.55. The van der Waals surface area contributed by atoms with Gasteiger partial charge in [-0.2, -0.15) is 5.01 Å². The molecule has 1 aromatic heterocycles. The van der Waals surface area contributed by atoms with Gasteiger partial charge in [0.1, 0.15) is 0 Å². The Labute approximate surface area is 112 Å². The van der Waals surface area contributed by atoms with E-state index in [9.17, 15) is 4.79 Å². The van der Waals surface area contributed by atoms with Gasteiger partial charge in [-0.05, 0) is 12.1 Å². The second kappa shape index (κ2) is 5.18. The van der Waals surface area contributed by atoms with Crippen LogP contribution < -0.4 is 15.1 Å². The minimum Gasteiger partial charge on any atom is -0.284 e. The van der Waals surface area contributed by atoms with Gasteiger partial charge < -0.3 is 0 Å². The molecule has 1 heterocycles. The minimum atomic E-state index is -0.252. The van der Waals surface area contributed by atoms with Crippen LogP contribution in [0, 0.1) is 0 Å². The fourth-order valence-corrected chi connectivity index (χ4v) is 1.89. The topological polar surface area (TPSA) is 62.3 Å². The third kappa shape index (κ3) is 2.51. The van der Waals surface area contributed by atoms with Crippen LogP contribution in [0.15, 0.2) is 39.5 Å². The maximum atomic E-state index is 11.9. The Morgan fingerprint density at radius 1 is 1.39 bits per heavy atom. The van der Waals surface area contributed by atoms with E-state index in [4.69, 9.17) is 4.52 Å². The molecule has 2 aromatic rings. The molecule has 0 saturated heterocycles. The first-order valence-electron chi connectivity index (χ1n) is 5.21. The number of nitrogens with one attached hydrogen (secondary N) is 1. The molecule has 0 atom stereocenters. The Morgan fingerprint density at radius 2 is 2.06 bits per heavy atom. The number of rotatable bonds is 3. The summed E-state index contributed by atoms with van der Waals surface area (Å²) in [5.41, 5.74) is 0.553. The summed E-state index contributed by atoms with van der Waals surface area (Å²) in [4.78, 5) is 13.4. The van der Waals surface area contributed by atoms with Crippen molar-refractivity contribution in [3.05, 3.63) is 40.5 Å². The van der Waals surface area contributed by atoms with E-state index in [1.807, 2.05) is 6.07 Å². The lowest BCUT2D eigenvalue weighted by Gasteiger charge is -1.99. The van der Waals surface area contributed by atoms with Crippen molar-refractivity contribution in [3.8, 4) is 0 Å². The van der Waals surface area contributed by atoms with Gasteiger partial charge in [0, 0.05) is 21.5 Å². The molecule has 94 valence electrons. The predicted octanol–water partition coefficient (Wildman–Crippen LogP) is 1.17. The summed E-state index contributed by atoms with van der Waals surface area (Å²) in [6.45, 7) is 0. The van der Waals surface area contributed by atoms with Gasteiger partial charge in [-0.25, -0.2) is 0 Å². The molecule has 0 aliphatic rings. The van der Waals surface area contributed by atoms with Crippen molar-refractivity contribution in [1.82, 2.24) is 5.27 Å². The molecule has 0 aliphatic heterocycles. The predicted molar refractivity (Wildman–Crippen MR) is 68.9 cm³/mol. The zero-order valence-corrected chi connectivity index (χ0v) is 11.5. The molecule has 0 spiro atoms. The van der Waals surface area contributed by atoms with Crippen molar-refractivity contribution in [2.45, 2.75) is 0 Å². The number of halogens is 1. The summed E-state index contributed by atoms with van der Waals surface area (Å²) in [6, 6.07) is 8.88. The zero-order valence-electron chi connectivity index (χ0n) is 9.92. The highest BCUT2D eigenvalue weighted by atomic mass is 79.9. The Bertz CT molecular complexity index is 553. The largest absolute Gasteiger partial charge is 0.372 e. The first-order valence-corrected chi connectivity index (χ1v) is 6.00. The number of aromatic nitrogens is 2. The fraction of sp³-hybridized carbons (Fsp3) is 0.182. The van der Waals surface area contributed by atoms with Gasteiger partial charge in [0.25, 0.3) is 5.91 Å². The van der Waals surface area contributed by atoms with Gasteiger partial charge in [-0.3, -0.25) is 14.6 Å². The van der Waals surface area contributed by atoms with Crippen LogP contribution >= 0.6 is 15.9 Å². The number of carbonyl (C=O) groups excluding carboxylic acids is 1. The third-order valence-electron chi connectivity index (χ3n) is 2.21. The number of hydrogen-bond donors (Lipinski definition) is 1. The molecule has 7 heteroatoms. The average Bonchev–Trinajstić information content (AvgIpc) is 2.72. The highest BCUT2D eigenvalue weighted by molar-refractivity contribution is 9.10. The van der Waals surface area contributed by atoms with E-state index in [2.05, 4.69) is 26.5 Å². The third-order valence-corrected chi connectivity index (χ3v) is 2.89. The van der Waals surface area contributed by atoms with Gasteiger partial charge in [0.05, 0.1) is 18.9 Å². The zero-order chi connectivity index (χ0) is 13.1. The van der Waals surface area contributed by atoms with Crippen LogP contribution in [0.4, 0.5) is 5.88 Å². The molecular weight excluding hydrogens is 300 g/mol. The Kier molecular flexibility index (Phi) is 3.61. The summed E-state index contributed by atoms with van der Waals surface area (Å²) >= 11 is 3.30. The van der Waals surface area contributed by atoms with Crippen LogP contribution in [0.25, 0.3) is 0 Å². The molecule has 1 aromatic carbocycles. The van der Waals surface area contributed by atoms with E-state index in [0.717, 1.165) is 0 Å². The summed E-state index contributed by atoms with van der Waals surface area (Å²) in [6.07, 6.45) is 0. The SMILES string of the molecule is CN(C)[n+]1noc(NC(=O)c2ccccc2)c1Br. The minimum absolute atomic E-state index is 0.252. The van der Waals surface area contributed by atoms with E-state index < -0.39 is 0 Å². The fourth-order valence-electron chi connectivity index (χ4n) is 1.33. The van der Waals surface area contributed by atoms with Crippen LogP contribution in [0.2, 0.25) is 0 Å². The van der Waals surface area contributed by atoms with Gasteiger partial charge >= 0.3 is 10.5 Å². The molecule has 0 bridgehead atoms. The van der Waals surface area contributed by atoms with Crippen molar-refractivity contribution >= 4 is 27.7 Å². The molecule has 1 N–H and O–H groups in total. The summed E-state index contributed by atoms with van der Waals surface area (Å²) < 4.78 is 5.58. The molecule has 0 aliphatic carbocycles. The van der Waals surface area contributed by atoms with Crippen LogP contribution in [0.5, 0.6) is 0 Å². The lowest BCUT2D eigenvalue weighted by molar-refractivity contribution is -0.762. The molecule has 1 amide bonds. The van der Waals surface area contributed by atoms with E-state index in [-0.39, 0.29) is 11.8 Å². The molecule has 0 saturated carbocycles. The van der Waals surface area contributed by atoms with Crippen molar-refractivity contribution in [1.29, 1.82) is 0 Å². The van der Waals surface area contributed by atoms with E-state index >= 15 is 0 Å². The lowest BCUT2D eigenvalue weighted by atomic mass is 10.2. The molecule has 0 unspecified atom stereocenters. The van der Waals surface area contributed by atoms with Crippen LogP contribution in [0.1, 0.15) is 10.4 Å². The van der Waals surface area contributed by atoms with Gasteiger partial charge in [0.2, 0.25) is 5.27 Å². The monoisotopic (exact) mass is 311 g/mol. The van der Waals surface area contributed by atoms with Crippen LogP contribution in [-0.2, 0) is 0 Å². The van der Waals surface area contributed by atoms with Crippen molar-refractivity contribution in [3.63, 3.8) is 0 Å². The normalized spacial score (nSPS) is 10.2. The van der Waals surface area contributed by atoms with Crippen molar-refractivity contribution in [2.24, 2.45) is 0 Å². The maximum absolute atomic E-state index is 11.9. The molecular formula is C11H12BrN4O2+. The van der Waals surface area contributed by atoms with Crippen molar-refractivity contribution in [2.75, 3.05) is 24.4 Å². The quantitative estimate of drug-likeness (QED) is 0.865. The summed E-state index contributed by atoms with van der Waals surface area (Å²) in [7, 11) is 3.60. The van der Waals surface area contributed by atoms with Crippen molar-refractivity contribution < 1.29 is 14.1 Å². The number of hydrogen-bond acceptors (Lipinski definition) is 4. The highest BCUT2D eigenvalue weighted by Crippen LogP contribution is 2.17. The molecule has 0 fully saturated rings. The Morgan fingerprint density at radius 3 is 2.61 bits per heavy atom. The molecule has 2 rings (SSSR count).